The van der Waals surface area contributed by atoms with E-state index in [1.807, 2.05) is 41.3 Å². The molecule has 0 bridgehead atoms. The van der Waals surface area contributed by atoms with E-state index < -0.39 is 17.7 Å². The average Bonchev–Trinajstić information content (AvgIpc) is 3.34. The predicted molar refractivity (Wildman–Crippen MR) is 257 cm³/mol. The fourth-order valence-electron chi connectivity index (χ4n) is 10.00. The normalized spacial score (nSPS) is 17.2. The molecule has 1 aromatic heterocycles. The molecule has 6 aromatic rings. The lowest BCUT2D eigenvalue weighted by atomic mass is 9.72. The average molecular weight is 919 g/mol. The van der Waals surface area contributed by atoms with Crippen LogP contribution < -0.4 is 10.3 Å². The maximum Gasteiger partial charge on any atom is 0.347 e. The van der Waals surface area contributed by atoms with Crippen molar-refractivity contribution < 1.29 is 39.2 Å². The number of carbonyl (C=O) groups excluding carboxylic acids is 3. The zero-order valence-electron chi connectivity index (χ0n) is 38.1. The first-order valence-electron chi connectivity index (χ1n) is 23.6. The monoisotopic (exact) mass is 918 g/mol. The van der Waals surface area contributed by atoms with Gasteiger partial charge in [-0.05, 0) is 110 Å². The number of aromatic hydroxyl groups is 1. The summed E-state index contributed by atoms with van der Waals surface area (Å²) in [7, 11) is 0. The third kappa shape index (κ3) is 10.2. The molecule has 3 saturated heterocycles. The molecule has 3 aliphatic heterocycles. The molecule has 2 atom stereocenters. The van der Waals surface area contributed by atoms with Crippen LogP contribution in [0.5, 0.6) is 11.5 Å². The van der Waals surface area contributed by atoms with E-state index in [4.69, 9.17) is 9.47 Å². The van der Waals surface area contributed by atoms with Crippen LogP contribution in [0, 0.1) is 11.3 Å². The number of fused-ring (bicyclic) bond motifs is 1. The van der Waals surface area contributed by atoms with E-state index in [-0.39, 0.29) is 53.2 Å². The van der Waals surface area contributed by atoms with Gasteiger partial charge < -0.3 is 39.6 Å². The van der Waals surface area contributed by atoms with Gasteiger partial charge in [0.05, 0.1) is 18.2 Å². The number of aromatic nitrogens is 1. The van der Waals surface area contributed by atoms with Crippen molar-refractivity contribution in [2.45, 2.75) is 56.8 Å². The lowest BCUT2D eigenvalue weighted by molar-refractivity contribution is -0.164. The summed E-state index contributed by atoms with van der Waals surface area (Å²) in [4.78, 5) is 60.9. The largest absolute Gasteiger partial charge is 0.506 e. The molecule has 3 aliphatic rings. The number of piperidine rings is 1. The summed E-state index contributed by atoms with van der Waals surface area (Å²) in [6.07, 6.45) is 3.94. The molecular formula is C55H58N4O9. The minimum Gasteiger partial charge on any atom is -0.506 e. The summed E-state index contributed by atoms with van der Waals surface area (Å²) in [6, 6.07) is 39.5. The number of H-pyrrole nitrogens is 1. The quantitative estimate of drug-likeness (QED) is 0.0568. The number of aromatic amines is 1. The van der Waals surface area contributed by atoms with Crippen molar-refractivity contribution in [3.63, 3.8) is 0 Å². The number of phenolic OH excluding ortho intramolecular Hbond substituents is 1. The zero-order chi connectivity index (χ0) is 47.3. The van der Waals surface area contributed by atoms with Crippen LogP contribution >= 0.6 is 0 Å². The van der Waals surface area contributed by atoms with Gasteiger partial charge in [0.25, 0.3) is 11.8 Å². The summed E-state index contributed by atoms with van der Waals surface area (Å²) < 4.78 is 11.8. The topological polar surface area (TPSA) is 173 Å². The number of ether oxygens (including phenoxy) is 2. The molecule has 4 heterocycles. The van der Waals surface area contributed by atoms with Crippen LogP contribution in [0.4, 0.5) is 0 Å². The van der Waals surface area contributed by atoms with Crippen molar-refractivity contribution in [1.29, 1.82) is 0 Å². The van der Waals surface area contributed by atoms with Crippen molar-refractivity contribution in [2.75, 3.05) is 52.5 Å². The number of nitrogens with one attached hydrogen (secondary N) is 1. The number of aliphatic hydroxyl groups excluding tert-OH is 1. The molecule has 5 aromatic carbocycles. The van der Waals surface area contributed by atoms with E-state index in [9.17, 15) is 34.5 Å². The predicted octanol–water partition coefficient (Wildman–Crippen LogP) is 6.73. The number of aryl methyl sites for hydroxylation is 1. The molecule has 68 heavy (non-hydrogen) atoms. The van der Waals surface area contributed by atoms with Gasteiger partial charge in [0.1, 0.15) is 11.5 Å². The van der Waals surface area contributed by atoms with Gasteiger partial charge in [-0.1, -0.05) is 97.4 Å². The molecule has 3 fully saturated rings. The third-order valence-corrected chi connectivity index (χ3v) is 13.9. The standard InChI is InChI=1S/C55H58N4O9/c60-47(45-22-24-48(61)51-46(45)23-25-49(62)56-51)17-8-7-10-38-18-20-41(21-19-38)52(64)59-36-54(37-59)34-58(35-54)50(63)33-67-44-16-9-15-43(30-44)55(66,42-13-5-2-6-14-42)53(65)68-32-40-26-28-57(29-27-40)31-39-11-3-1-4-12-39/h1-6,9,11-16,18-25,30,40,47,60-61,66H,7-8,10,17,26-29,31-37H2,(H,56,62)/t47-,55-/m0/s1. The highest BCUT2D eigenvalue weighted by molar-refractivity contribution is 5.95. The summed E-state index contributed by atoms with van der Waals surface area (Å²) >= 11 is 0. The first-order valence-corrected chi connectivity index (χ1v) is 23.6. The van der Waals surface area contributed by atoms with Gasteiger partial charge in [-0.2, -0.15) is 0 Å². The highest BCUT2D eigenvalue weighted by Crippen LogP contribution is 2.41. The molecule has 2 amide bonds. The van der Waals surface area contributed by atoms with Gasteiger partial charge in [0, 0.05) is 60.7 Å². The number of hydrogen-bond donors (Lipinski definition) is 4. The number of rotatable bonds is 17. The Bertz CT molecular complexity index is 2780. The van der Waals surface area contributed by atoms with Gasteiger partial charge >= 0.3 is 5.97 Å². The van der Waals surface area contributed by atoms with Crippen LogP contribution in [-0.2, 0) is 32.9 Å². The Morgan fingerprint density at radius 2 is 1.46 bits per heavy atom. The highest BCUT2D eigenvalue weighted by Gasteiger charge is 2.54. The van der Waals surface area contributed by atoms with Gasteiger partial charge in [-0.15, -0.1) is 0 Å². The van der Waals surface area contributed by atoms with E-state index in [0.717, 1.165) is 57.3 Å². The van der Waals surface area contributed by atoms with E-state index in [2.05, 4.69) is 34.1 Å². The van der Waals surface area contributed by atoms with Crippen molar-refractivity contribution in [3.05, 3.63) is 177 Å². The van der Waals surface area contributed by atoms with Crippen molar-refractivity contribution in [2.24, 2.45) is 11.3 Å². The Labute approximate surface area is 395 Å². The van der Waals surface area contributed by atoms with E-state index in [1.165, 1.54) is 17.7 Å². The number of esters is 1. The fourth-order valence-corrected chi connectivity index (χ4v) is 10.00. The van der Waals surface area contributed by atoms with Crippen LogP contribution in [0.15, 0.2) is 138 Å². The van der Waals surface area contributed by atoms with Crippen LogP contribution in [0.25, 0.3) is 10.9 Å². The molecule has 0 saturated carbocycles. The second-order valence-electron chi connectivity index (χ2n) is 18.9. The SMILES string of the molecule is O=C(COc1cccc([C@](O)(C(=O)OCC2CCN(Cc3ccccc3)CC2)c2ccccc2)c1)N1CC2(C1)CN(C(=O)c1ccc(CCCC[C@H](O)c3ccc(O)c4[nH]c(=O)ccc34)cc1)C2. The first-order chi connectivity index (χ1) is 33.0. The van der Waals surface area contributed by atoms with E-state index in [1.54, 1.807) is 65.6 Å². The third-order valence-electron chi connectivity index (χ3n) is 13.9. The number of likely N-dealkylation sites (tertiary alicyclic amines) is 3. The Kier molecular flexibility index (Phi) is 13.8. The molecular weight excluding hydrogens is 861 g/mol. The summed E-state index contributed by atoms with van der Waals surface area (Å²) in [5.74, 6) is -0.504. The Balaban J connectivity index is 0.710. The van der Waals surface area contributed by atoms with Crippen molar-refractivity contribution in [3.8, 4) is 11.5 Å². The van der Waals surface area contributed by atoms with Crippen LogP contribution in [0.1, 0.15) is 76.4 Å². The second-order valence-corrected chi connectivity index (χ2v) is 18.9. The zero-order valence-corrected chi connectivity index (χ0v) is 38.1. The first kappa shape index (κ1) is 46.3. The van der Waals surface area contributed by atoms with Crippen LogP contribution in [0.2, 0.25) is 0 Å². The van der Waals surface area contributed by atoms with E-state index in [0.29, 0.717) is 65.9 Å². The second kappa shape index (κ2) is 20.2. The molecule has 352 valence electrons. The number of phenols is 1. The van der Waals surface area contributed by atoms with Gasteiger partial charge in [-0.25, -0.2) is 4.79 Å². The fraction of sp³-hybridized carbons (Fsp3) is 0.345. The highest BCUT2D eigenvalue weighted by atomic mass is 16.5. The molecule has 0 aliphatic carbocycles. The Morgan fingerprint density at radius 1 is 0.765 bits per heavy atom. The lowest BCUT2D eigenvalue weighted by Crippen LogP contribution is -2.74. The molecule has 0 radical (unpaired) electrons. The van der Waals surface area contributed by atoms with Crippen LogP contribution in [0.3, 0.4) is 0 Å². The number of benzene rings is 5. The maximum absolute atomic E-state index is 13.9. The maximum atomic E-state index is 13.9. The number of nitrogens with zero attached hydrogens (tertiary/aromatic N) is 3. The number of pyridine rings is 1. The number of carbonyl (C=O) groups is 3. The summed E-state index contributed by atoms with van der Waals surface area (Å²) in [6.45, 7) is 4.87. The summed E-state index contributed by atoms with van der Waals surface area (Å²) in [5.41, 5.74) is 2.06. The molecule has 13 heteroatoms. The minimum absolute atomic E-state index is 0.0383. The van der Waals surface area contributed by atoms with Crippen LogP contribution in [-0.4, -0.2) is 105 Å². The van der Waals surface area contributed by atoms with Crippen molar-refractivity contribution in [1.82, 2.24) is 19.7 Å². The molecule has 9 rings (SSSR count). The number of unbranched alkanes of at least 4 members (excludes halogenated alkanes) is 1. The molecule has 0 unspecified atom stereocenters. The Morgan fingerprint density at radius 3 is 2.19 bits per heavy atom. The number of hydrogen-bond acceptors (Lipinski definition) is 10. The smallest absolute Gasteiger partial charge is 0.347 e. The molecule has 1 spiro atoms. The van der Waals surface area contributed by atoms with Gasteiger partial charge in [0.2, 0.25) is 11.2 Å². The van der Waals surface area contributed by atoms with Gasteiger partial charge in [-0.3, -0.25) is 19.3 Å². The van der Waals surface area contributed by atoms with E-state index >= 15 is 0 Å². The minimum atomic E-state index is -2.09. The van der Waals surface area contributed by atoms with Gasteiger partial charge in [0.15, 0.2) is 6.61 Å². The molecule has 4 N–H and O–H groups in total. The lowest BCUT2D eigenvalue weighted by Gasteiger charge is -2.60. The Hall–Kier alpha value is -6.80. The van der Waals surface area contributed by atoms with Crippen molar-refractivity contribution >= 4 is 28.7 Å². The summed E-state index contributed by atoms with van der Waals surface area (Å²) in [5, 5.41) is 33.9. The molecule has 13 nitrogen and oxygen atoms in total. The number of amides is 2. The number of aliphatic hydroxyl groups is 2.